The molecule has 0 aliphatic carbocycles. The van der Waals surface area contributed by atoms with Crippen LogP contribution in [-0.4, -0.2) is 28.9 Å². The molecule has 2 aromatic carbocycles. The summed E-state index contributed by atoms with van der Waals surface area (Å²) in [5.41, 5.74) is 2.81. The van der Waals surface area contributed by atoms with Gasteiger partial charge in [-0.05, 0) is 29.7 Å². The second-order valence-electron chi connectivity index (χ2n) is 7.73. The zero-order valence-corrected chi connectivity index (χ0v) is 17.5. The summed E-state index contributed by atoms with van der Waals surface area (Å²) in [6.07, 6.45) is 1.64. The first-order chi connectivity index (χ1) is 14.4. The fourth-order valence-electron chi connectivity index (χ4n) is 3.87. The van der Waals surface area contributed by atoms with Crippen molar-refractivity contribution in [2.75, 3.05) is 14.2 Å². The van der Waals surface area contributed by atoms with Gasteiger partial charge in [-0.3, -0.25) is 5.41 Å². The number of nitrogens with zero attached hydrogens (tertiary/aromatic N) is 2. The number of aromatic hydroxyl groups is 1. The second-order valence-corrected chi connectivity index (χ2v) is 7.73. The number of nitrogens with one attached hydrogen (secondary N) is 1. The lowest BCUT2D eigenvalue weighted by molar-refractivity contribution is 0.354. The molecule has 7 nitrogen and oxygen atoms in total. The Bertz CT molecular complexity index is 1150. The van der Waals surface area contributed by atoms with Gasteiger partial charge in [0.15, 0.2) is 11.5 Å². The number of ether oxygens (including phenoxy) is 3. The van der Waals surface area contributed by atoms with Crippen molar-refractivity contribution in [2.45, 2.75) is 26.3 Å². The smallest absolute Gasteiger partial charge is 0.228 e. The molecule has 0 bridgehead atoms. The topological polar surface area (TPSA) is 89.6 Å². The van der Waals surface area contributed by atoms with Crippen molar-refractivity contribution in [3.8, 4) is 28.9 Å². The minimum absolute atomic E-state index is 0.111. The van der Waals surface area contributed by atoms with E-state index in [1.54, 1.807) is 32.7 Å². The number of aromatic nitrogens is 2. The van der Waals surface area contributed by atoms with Crippen LogP contribution in [0.3, 0.4) is 0 Å². The molecule has 2 N–H and O–H groups in total. The van der Waals surface area contributed by atoms with Crippen molar-refractivity contribution >= 4 is 0 Å². The summed E-state index contributed by atoms with van der Waals surface area (Å²) in [6.45, 7) is 4.89. The van der Waals surface area contributed by atoms with Gasteiger partial charge in [-0.1, -0.05) is 26.0 Å². The van der Waals surface area contributed by atoms with E-state index in [2.05, 4.69) is 18.8 Å². The normalized spacial score (nSPS) is 14.6. The van der Waals surface area contributed by atoms with E-state index in [1.165, 1.54) is 0 Å². The maximum Gasteiger partial charge on any atom is 0.228 e. The quantitative estimate of drug-likeness (QED) is 0.521. The first-order valence-electron chi connectivity index (χ1n) is 9.79. The third kappa shape index (κ3) is 3.36. The highest BCUT2D eigenvalue weighted by molar-refractivity contribution is 5.58. The van der Waals surface area contributed by atoms with Gasteiger partial charge in [0.2, 0.25) is 5.88 Å². The number of phenols is 1. The summed E-state index contributed by atoms with van der Waals surface area (Å²) in [6, 6.07) is 10.8. The molecule has 0 saturated heterocycles. The first-order valence-corrected chi connectivity index (χ1v) is 9.79. The zero-order valence-electron chi connectivity index (χ0n) is 17.5. The Morgan fingerprint density at radius 2 is 1.90 bits per heavy atom. The highest BCUT2D eigenvalue weighted by Crippen LogP contribution is 2.47. The Labute approximate surface area is 175 Å². The van der Waals surface area contributed by atoms with E-state index in [-0.39, 0.29) is 11.7 Å². The van der Waals surface area contributed by atoms with Gasteiger partial charge in [-0.15, -0.1) is 0 Å². The average Bonchev–Trinajstić information content (AvgIpc) is 2.73. The van der Waals surface area contributed by atoms with Crippen LogP contribution in [0, 0.1) is 11.3 Å². The molecule has 0 spiro atoms. The lowest BCUT2D eigenvalue weighted by Crippen LogP contribution is -2.30. The van der Waals surface area contributed by atoms with Crippen molar-refractivity contribution in [3.05, 3.63) is 64.9 Å². The van der Waals surface area contributed by atoms with Crippen LogP contribution in [0.1, 0.15) is 36.5 Å². The number of rotatable bonds is 5. The molecular formula is C23H25N3O4. The van der Waals surface area contributed by atoms with Crippen LogP contribution in [0.15, 0.2) is 42.7 Å². The molecule has 4 rings (SSSR count). The van der Waals surface area contributed by atoms with Crippen molar-refractivity contribution in [3.63, 3.8) is 0 Å². The predicted octanol–water partition coefficient (Wildman–Crippen LogP) is 4.03. The molecule has 7 heteroatoms. The Morgan fingerprint density at radius 1 is 1.13 bits per heavy atom. The molecule has 1 aliphatic rings. The van der Waals surface area contributed by atoms with Gasteiger partial charge in [0, 0.05) is 24.1 Å². The zero-order chi connectivity index (χ0) is 21.4. The van der Waals surface area contributed by atoms with Crippen molar-refractivity contribution < 1.29 is 19.3 Å². The van der Waals surface area contributed by atoms with Gasteiger partial charge >= 0.3 is 0 Å². The molecule has 156 valence electrons. The minimum atomic E-state index is -0.302. The van der Waals surface area contributed by atoms with E-state index in [0.717, 1.165) is 11.1 Å². The Hall–Kier alpha value is -3.48. The number of hydrogen-bond donors (Lipinski definition) is 2. The highest BCUT2D eigenvalue weighted by Gasteiger charge is 2.33. The summed E-state index contributed by atoms with van der Waals surface area (Å²) < 4.78 is 18.7. The van der Waals surface area contributed by atoms with Crippen LogP contribution in [0.4, 0.5) is 0 Å². The average molecular weight is 407 g/mol. The van der Waals surface area contributed by atoms with Crippen LogP contribution in [-0.2, 0) is 6.54 Å². The van der Waals surface area contributed by atoms with Crippen LogP contribution >= 0.6 is 0 Å². The predicted molar refractivity (Wildman–Crippen MR) is 112 cm³/mol. The summed E-state index contributed by atoms with van der Waals surface area (Å²) in [7, 11) is 3.19. The number of benzene rings is 2. The fourth-order valence-corrected chi connectivity index (χ4v) is 3.87. The molecule has 0 saturated carbocycles. The van der Waals surface area contributed by atoms with Gasteiger partial charge in [0.05, 0.1) is 19.8 Å². The molecular weight excluding hydrogens is 382 g/mol. The van der Waals surface area contributed by atoms with Gasteiger partial charge in [-0.2, -0.15) is 0 Å². The summed E-state index contributed by atoms with van der Waals surface area (Å²) in [4.78, 5) is 4.50. The first kappa shape index (κ1) is 19.8. The Balaban J connectivity index is 1.96. The van der Waals surface area contributed by atoms with Gasteiger partial charge in [-0.25, -0.2) is 4.98 Å². The molecule has 0 fully saturated rings. The van der Waals surface area contributed by atoms with E-state index >= 15 is 0 Å². The van der Waals surface area contributed by atoms with Crippen LogP contribution in [0.25, 0.3) is 0 Å². The standard InChI is InChI=1S/C23H25N3O4/c1-13(2)11-26-12-25-23-21(22(26)24)20(16-7-6-15(27)10-18(16)30-23)14-5-8-17(28-3)19(9-14)29-4/h5-10,12-13,20,24,27H,11H2,1-4H3/t20-/m1/s1. The number of methoxy groups -OCH3 is 2. The molecule has 0 radical (unpaired) electrons. The molecule has 1 aromatic heterocycles. The summed E-state index contributed by atoms with van der Waals surface area (Å²) in [5, 5.41) is 18.9. The second kappa shape index (κ2) is 7.74. The SMILES string of the molecule is COc1ccc([C@@H]2c3ccc(O)cc3Oc3ncn(CC(C)C)c(=N)c32)cc1OC. The third-order valence-electron chi connectivity index (χ3n) is 5.19. The molecule has 0 amide bonds. The van der Waals surface area contributed by atoms with Gasteiger partial charge < -0.3 is 23.9 Å². The van der Waals surface area contributed by atoms with Gasteiger partial charge in [0.1, 0.15) is 23.3 Å². The monoisotopic (exact) mass is 407 g/mol. The molecule has 0 unspecified atom stereocenters. The van der Waals surface area contributed by atoms with E-state index in [4.69, 9.17) is 19.6 Å². The lowest BCUT2D eigenvalue weighted by Gasteiger charge is -2.29. The maximum atomic E-state index is 9.96. The number of phenolic OH excluding ortho intramolecular Hbond substituents is 1. The molecule has 30 heavy (non-hydrogen) atoms. The van der Waals surface area contributed by atoms with E-state index in [9.17, 15) is 5.11 Å². The van der Waals surface area contributed by atoms with E-state index in [0.29, 0.717) is 46.6 Å². The largest absolute Gasteiger partial charge is 0.508 e. The number of hydrogen-bond acceptors (Lipinski definition) is 6. The third-order valence-corrected chi connectivity index (χ3v) is 5.19. The number of fused-ring (bicyclic) bond motifs is 2. The molecule has 3 aromatic rings. The highest BCUT2D eigenvalue weighted by atomic mass is 16.5. The Kier molecular flexibility index (Phi) is 5.11. The molecule has 1 aliphatic heterocycles. The molecule has 2 heterocycles. The van der Waals surface area contributed by atoms with Crippen LogP contribution in [0.2, 0.25) is 0 Å². The minimum Gasteiger partial charge on any atom is -0.508 e. The van der Waals surface area contributed by atoms with E-state index in [1.807, 2.05) is 28.8 Å². The lowest BCUT2D eigenvalue weighted by atomic mass is 9.83. The van der Waals surface area contributed by atoms with Gasteiger partial charge in [0.25, 0.3) is 0 Å². The van der Waals surface area contributed by atoms with Crippen LogP contribution in [0.5, 0.6) is 28.9 Å². The maximum absolute atomic E-state index is 9.96. The van der Waals surface area contributed by atoms with E-state index < -0.39 is 0 Å². The van der Waals surface area contributed by atoms with Crippen molar-refractivity contribution in [1.82, 2.24) is 9.55 Å². The fraction of sp³-hybridized carbons (Fsp3) is 0.304. The summed E-state index contributed by atoms with van der Waals surface area (Å²) >= 11 is 0. The summed E-state index contributed by atoms with van der Waals surface area (Å²) in [5.74, 6) is 2.31. The van der Waals surface area contributed by atoms with Crippen molar-refractivity contribution in [1.29, 1.82) is 5.41 Å². The van der Waals surface area contributed by atoms with Crippen LogP contribution < -0.4 is 19.7 Å². The van der Waals surface area contributed by atoms with Crippen molar-refractivity contribution in [2.24, 2.45) is 5.92 Å². The molecule has 1 atom stereocenters. The Morgan fingerprint density at radius 3 is 2.60 bits per heavy atom.